The summed E-state index contributed by atoms with van der Waals surface area (Å²) >= 11 is 0. The van der Waals surface area contributed by atoms with Crippen molar-refractivity contribution < 1.29 is 4.79 Å². The first-order valence-corrected chi connectivity index (χ1v) is 6.01. The molecule has 0 aliphatic heterocycles. The van der Waals surface area contributed by atoms with Gasteiger partial charge in [0.05, 0.1) is 0 Å². The van der Waals surface area contributed by atoms with Gasteiger partial charge in [0.2, 0.25) is 0 Å². The van der Waals surface area contributed by atoms with Gasteiger partial charge in [-0.3, -0.25) is 4.79 Å². The fourth-order valence-electron chi connectivity index (χ4n) is 3.21. The molecule has 0 heterocycles. The molecule has 0 aromatic heterocycles. The molecule has 78 valence electrons. The SMILES string of the molecule is CCc1c2c(cc3c1C(=O)CC3)CCC2. The average Bonchev–Trinajstić information content (AvgIpc) is 2.83. The lowest BCUT2D eigenvalue weighted by molar-refractivity contribution is 0.0993. The minimum atomic E-state index is 0.386. The third-order valence-electron chi connectivity index (χ3n) is 3.85. The molecule has 1 aromatic rings. The molecule has 2 aliphatic carbocycles. The van der Waals surface area contributed by atoms with Crippen molar-refractivity contribution >= 4 is 5.78 Å². The molecular weight excluding hydrogens is 184 g/mol. The van der Waals surface area contributed by atoms with E-state index in [1.165, 1.54) is 41.5 Å². The van der Waals surface area contributed by atoms with E-state index in [1.54, 1.807) is 0 Å². The van der Waals surface area contributed by atoms with E-state index in [4.69, 9.17) is 0 Å². The van der Waals surface area contributed by atoms with Crippen LogP contribution in [0, 0.1) is 0 Å². The average molecular weight is 200 g/mol. The van der Waals surface area contributed by atoms with Crippen molar-refractivity contribution in [1.82, 2.24) is 0 Å². The molecule has 3 rings (SSSR count). The fraction of sp³-hybridized carbons (Fsp3) is 0.500. The molecule has 0 unspecified atom stereocenters. The maximum Gasteiger partial charge on any atom is 0.163 e. The third-order valence-corrected chi connectivity index (χ3v) is 3.85. The lowest BCUT2D eigenvalue weighted by atomic mass is 9.92. The molecule has 0 N–H and O–H groups in total. The van der Waals surface area contributed by atoms with Crippen molar-refractivity contribution in [2.75, 3.05) is 0 Å². The zero-order valence-corrected chi connectivity index (χ0v) is 9.23. The summed E-state index contributed by atoms with van der Waals surface area (Å²) in [6.45, 7) is 2.18. The molecule has 0 fully saturated rings. The molecule has 0 radical (unpaired) electrons. The molecule has 1 aromatic carbocycles. The third kappa shape index (κ3) is 1.19. The van der Waals surface area contributed by atoms with Crippen LogP contribution in [0.3, 0.4) is 0 Å². The first-order valence-electron chi connectivity index (χ1n) is 6.01. The highest BCUT2D eigenvalue weighted by atomic mass is 16.1. The lowest BCUT2D eigenvalue weighted by Gasteiger charge is -2.12. The van der Waals surface area contributed by atoms with Gasteiger partial charge in [-0.1, -0.05) is 13.0 Å². The molecule has 0 saturated carbocycles. The topological polar surface area (TPSA) is 17.1 Å². The van der Waals surface area contributed by atoms with Crippen LogP contribution in [0.15, 0.2) is 6.07 Å². The fourth-order valence-corrected chi connectivity index (χ4v) is 3.21. The number of ketones is 1. The highest BCUT2D eigenvalue weighted by Gasteiger charge is 2.27. The van der Waals surface area contributed by atoms with Gasteiger partial charge >= 0.3 is 0 Å². The van der Waals surface area contributed by atoms with Gasteiger partial charge in [0.15, 0.2) is 5.78 Å². The first-order chi connectivity index (χ1) is 7.31. The van der Waals surface area contributed by atoms with E-state index in [9.17, 15) is 4.79 Å². The van der Waals surface area contributed by atoms with Crippen LogP contribution in [0.4, 0.5) is 0 Å². The Bertz CT molecular complexity index is 443. The highest BCUT2D eigenvalue weighted by molar-refractivity contribution is 6.02. The summed E-state index contributed by atoms with van der Waals surface area (Å²) in [6.07, 6.45) is 6.44. The van der Waals surface area contributed by atoms with Crippen LogP contribution in [0.25, 0.3) is 0 Å². The van der Waals surface area contributed by atoms with Crippen LogP contribution in [0.2, 0.25) is 0 Å². The molecule has 0 saturated heterocycles. The number of hydrogen-bond acceptors (Lipinski definition) is 1. The summed E-state index contributed by atoms with van der Waals surface area (Å²) in [5.74, 6) is 0.386. The zero-order chi connectivity index (χ0) is 10.4. The predicted octanol–water partition coefficient (Wildman–Crippen LogP) is 2.87. The first kappa shape index (κ1) is 9.14. The van der Waals surface area contributed by atoms with Crippen LogP contribution < -0.4 is 0 Å². The Labute approximate surface area is 90.5 Å². The Morgan fingerprint density at radius 2 is 2.00 bits per heavy atom. The number of carbonyl (C=O) groups excluding carboxylic acids is 1. The minimum Gasteiger partial charge on any atom is -0.294 e. The van der Waals surface area contributed by atoms with Gasteiger partial charge < -0.3 is 0 Å². The van der Waals surface area contributed by atoms with Gasteiger partial charge in [-0.2, -0.15) is 0 Å². The van der Waals surface area contributed by atoms with Gasteiger partial charge in [0.1, 0.15) is 0 Å². The van der Waals surface area contributed by atoms with E-state index in [1.807, 2.05) is 0 Å². The van der Waals surface area contributed by atoms with E-state index >= 15 is 0 Å². The normalized spacial score (nSPS) is 18.1. The van der Waals surface area contributed by atoms with Crippen LogP contribution in [0.5, 0.6) is 0 Å². The predicted molar refractivity (Wildman–Crippen MR) is 60.5 cm³/mol. The van der Waals surface area contributed by atoms with Gasteiger partial charge in [0.25, 0.3) is 0 Å². The summed E-state index contributed by atoms with van der Waals surface area (Å²) < 4.78 is 0. The van der Waals surface area contributed by atoms with E-state index in [-0.39, 0.29) is 0 Å². The number of hydrogen-bond donors (Lipinski definition) is 0. The molecule has 0 amide bonds. The van der Waals surface area contributed by atoms with Crippen LogP contribution in [-0.4, -0.2) is 5.78 Å². The largest absolute Gasteiger partial charge is 0.294 e. The van der Waals surface area contributed by atoms with E-state index in [2.05, 4.69) is 13.0 Å². The Kier molecular flexibility index (Phi) is 1.95. The molecule has 0 spiro atoms. The quantitative estimate of drug-likeness (QED) is 0.681. The van der Waals surface area contributed by atoms with Crippen molar-refractivity contribution in [3.63, 3.8) is 0 Å². The summed E-state index contributed by atoms with van der Waals surface area (Å²) in [6, 6.07) is 2.31. The maximum absolute atomic E-state index is 11.8. The second-order valence-corrected chi connectivity index (χ2v) is 4.66. The van der Waals surface area contributed by atoms with Gasteiger partial charge in [-0.05, 0) is 54.4 Å². The Morgan fingerprint density at radius 1 is 1.13 bits per heavy atom. The van der Waals surface area contributed by atoms with E-state index in [0.29, 0.717) is 5.78 Å². The second kappa shape index (κ2) is 3.19. The highest BCUT2D eigenvalue weighted by Crippen LogP contribution is 2.35. The van der Waals surface area contributed by atoms with Crippen molar-refractivity contribution in [2.45, 2.75) is 45.4 Å². The maximum atomic E-state index is 11.8. The molecule has 1 nitrogen and oxygen atoms in total. The Hall–Kier alpha value is -1.11. The van der Waals surface area contributed by atoms with Gasteiger partial charge in [0, 0.05) is 12.0 Å². The van der Waals surface area contributed by atoms with Crippen molar-refractivity contribution in [3.05, 3.63) is 33.9 Å². The Morgan fingerprint density at radius 3 is 2.80 bits per heavy atom. The van der Waals surface area contributed by atoms with Crippen molar-refractivity contribution in [1.29, 1.82) is 0 Å². The number of benzene rings is 1. The zero-order valence-electron chi connectivity index (χ0n) is 9.23. The second-order valence-electron chi connectivity index (χ2n) is 4.66. The number of aryl methyl sites for hydroxylation is 2. The number of rotatable bonds is 1. The van der Waals surface area contributed by atoms with Gasteiger partial charge in [-0.15, -0.1) is 0 Å². The molecule has 1 heteroatoms. The van der Waals surface area contributed by atoms with E-state index in [0.717, 1.165) is 24.8 Å². The van der Waals surface area contributed by atoms with Crippen LogP contribution in [0.1, 0.15) is 52.4 Å². The molecule has 0 bridgehead atoms. The molecule has 15 heavy (non-hydrogen) atoms. The number of carbonyl (C=O) groups is 1. The number of fused-ring (bicyclic) bond motifs is 2. The summed E-state index contributed by atoms with van der Waals surface area (Å²) in [4.78, 5) is 11.8. The molecule has 2 aliphatic rings. The Balaban J connectivity index is 2.29. The summed E-state index contributed by atoms with van der Waals surface area (Å²) in [5, 5.41) is 0. The molecular formula is C14H16O. The van der Waals surface area contributed by atoms with Gasteiger partial charge in [-0.25, -0.2) is 0 Å². The van der Waals surface area contributed by atoms with Crippen LogP contribution >= 0.6 is 0 Å². The smallest absolute Gasteiger partial charge is 0.163 e. The monoisotopic (exact) mass is 200 g/mol. The standard InChI is InChI=1S/C14H16O/c1-2-11-12-5-3-4-9(12)8-10-6-7-13(15)14(10)11/h8H,2-7H2,1H3. The minimum absolute atomic E-state index is 0.386. The lowest BCUT2D eigenvalue weighted by Crippen LogP contribution is -2.03. The van der Waals surface area contributed by atoms with E-state index < -0.39 is 0 Å². The van der Waals surface area contributed by atoms with Crippen molar-refractivity contribution in [2.24, 2.45) is 0 Å². The summed E-state index contributed by atoms with van der Waals surface area (Å²) in [5.41, 5.74) is 6.84. The van der Waals surface area contributed by atoms with Crippen LogP contribution in [-0.2, 0) is 25.7 Å². The summed E-state index contributed by atoms with van der Waals surface area (Å²) in [7, 11) is 0. The van der Waals surface area contributed by atoms with Crippen molar-refractivity contribution in [3.8, 4) is 0 Å². The molecule has 0 atom stereocenters. The number of Topliss-reactive ketones (excluding diaryl/α,β-unsaturated/α-hetero) is 1.